The van der Waals surface area contributed by atoms with Crippen molar-refractivity contribution in [2.45, 2.75) is 13.5 Å². The fourth-order valence-electron chi connectivity index (χ4n) is 2.41. The maximum atomic E-state index is 11.3. The average Bonchev–Trinajstić information content (AvgIpc) is 2.55. The van der Waals surface area contributed by atoms with Crippen molar-refractivity contribution in [1.82, 2.24) is 4.90 Å². The van der Waals surface area contributed by atoms with Crippen LogP contribution in [0.2, 0.25) is 0 Å². The molecule has 0 radical (unpaired) electrons. The maximum Gasteiger partial charge on any atom is 0.330 e. The third-order valence-electron chi connectivity index (χ3n) is 3.66. The highest BCUT2D eigenvalue weighted by Crippen LogP contribution is 2.23. The summed E-state index contributed by atoms with van der Waals surface area (Å²) in [6.45, 7) is 2.85. The molecule has 3 nitrogen and oxygen atoms in total. The van der Waals surface area contributed by atoms with E-state index < -0.39 is 0 Å². The van der Waals surface area contributed by atoms with E-state index in [1.54, 1.807) is 0 Å². The molecule has 0 unspecified atom stereocenters. The van der Waals surface area contributed by atoms with Gasteiger partial charge < -0.3 is 9.64 Å². The van der Waals surface area contributed by atoms with Crippen molar-refractivity contribution in [2.75, 3.05) is 21.2 Å². The van der Waals surface area contributed by atoms with Crippen molar-refractivity contribution >= 4 is 11.5 Å². The molecule has 120 valence electrons. The standard InChI is InChI=1S/C20H23NO2/c1-15(13-20(22)23-4)17-9-11-19(12-10-17)18-7-5-16(6-8-18)14-21(2)3/h5-13H,14H2,1-4H3/b15-13+. The van der Waals surface area contributed by atoms with Crippen LogP contribution in [-0.4, -0.2) is 32.1 Å². The molecule has 0 atom stereocenters. The molecule has 0 N–H and O–H groups in total. The molecule has 0 aliphatic heterocycles. The second-order valence-corrected chi connectivity index (χ2v) is 5.86. The quantitative estimate of drug-likeness (QED) is 0.618. The van der Waals surface area contributed by atoms with Crippen LogP contribution in [0.15, 0.2) is 54.6 Å². The minimum Gasteiger partial charge on any atom is -0.466 e. The van der Waals surface area contributed by atoms with E-state index in [0.717, 1.165) is 23.2 Å². The number of carbonyl (C=O) groups excluding carboxylic acids is 1. The van der Waals surface area contributed by atoms with Crippen LogP contribution in [-0.2, 0) is 16.1 Å². The lowest BCUT2D eigenvalue weighted by Crippen LogP contribution is -2.10. The summed E-state index contributed by atoms with van der Waals surface area (Å²) in [6.07, 6.45) is 1.51. The zero-order valence-corrected chi connectivity index (χ0v) is 14.2. The first-order chi connectivity index (χ1) is 11.0. The zero-order chi connectivity index (χ0) is 16.8. The van der Waals surface area contributed by atoms with Gasteiger partial charge in [-0.3, -0.25) is 0 Å². The molecule has 2 aromatic rings. The number of nitrogens with zero attached hydrogens (tertiary/aromatic N) is 1. The molecule has 2 rings (SSSR count). The van der Waals surface area contributed by atoms with Gasteiger partial charge in [-0.25, -0.2) is 4.79 Å². The molecule has 0 aromatic heterocycles. The van der Waals surface area contributed by atoms with Gasteiger partial charge in [0.25, 0.3) is 0 Å². The molecule has 0 saturated heterocycles. The van der Waals surface area contributed by atoms with Gasteiger partial charge in [0.1, 0.15) is 0 Å². The SMILES string of the molecule is COC(=O)/C=C(\C)c1ccc(-c2ccc(CN(C)C)cc2)cc1. The maximum absolute atomic E-state index is 11.3. The van der Waals surface area contributed by atoms with E-state index in [4.69, 9.17) is 0 Å². The van der Waals surface area contributed by atoms with Gasteiger partial charge in [0.15, 0.2) is 0 Å². The molecule has 0 aliphatic rings. The summed E-state index contributed by atoms with van der Waals surface area (Å²) in [5.74, 6) is -0.331. The topological polar surface area (TPSA) is 29.5 Å². The largest absolute Gasteiger partial charge is 0.466 e. The lowest BCUT2D eigenvalue weighted by molar-refractivity contribution is -0.134. The van der Waals surface area contributed by atoms with Gasteiger partial charge in [-0.05, 0) is 48.8 Å². The summed E-state index contributed by atoms with van der Waals surface area (Å²) in [7, 11) is 5.52. The Morgan fingerprint density at radius 1 is 1.00 bits per heavy atom. The Bertz CT molecular complexity index is 683. The third kappa shape index (κ3) is 4.80. The van der Waals surface area contributed by atoms with Crippen molar-refractivity contribution < 1.29 is 9.53 Å². The molecular formula is C20H23NO2. The summed E-state index contributed by atoms with van der Waals surface area (Å²) >= 11 is 0. The van der Waals surface area contributed by atoms with Crippen LogP contribution in [0.3, 0.4) is 0 Å². The van der Waals surface area contributed by atoms with Crippen LogP contribution in [0.4, 0.5) is 0 Å². The van der Waals surface area contributed by atoms with Crippen molar-refractivity contribution in [1.29, 1.82) is 0 Å². The number of ether oxygens (including phenoxy) is 1. The summed E-state index contributed by atoms with van der Waals surface area (Å²) in [5.41, 5.74) is 5.56. The van der Waals surface area contributed by atoms with Crippen LogP contribution in [0.1, 0.15) is 18.1 Å². The van der Waals surface area contributed by atoms with E-state index in [1.165, 1.54) is 24.3 Å². The highest BCUT2D eigenvalue weighted by Gasteiger charge is 2.03. The molecule has 2 aromatic carbocycles. The van der Waals surface area contributed by atoms with Crippen LogP contribution in [0.5, 0.6) is 0 Å². The second-order valence-electron chi connectivity index (χ2n) is 5.86. The van der Waals surface area contributed by atoms with Gasteiger partial charge in [-0.1, -0.05) is 48.5 Å². The summed E-state index contributed by atoms with van der Waals surface area (Å²) in [4.78, 5) is 13.4. The highest BCUT2D eigenvalue weighted by atomic mass is 16.5. The van der Waals surface area contributed by atoms with E-state index >= 15 is 0 Å². The molecule has 0 saturated carbocycles. The first kappa shape index (κ1) is 17.0. The Hall–Kier alpha value is -2.39. The number of rotatable bonds is 5. The number of methoxy groups -OCH3 is 1. The minimum absolute atomic E-state index is 0.331. The Morgan fingerprint density at radius 3 is 2.00 bits per heavy atom. The third-order valence-corrected chi connectivity index (χ3v) is 3.66. The zero-order valence-electron chi connectivity index (χ0n) is 14.2. The van der Waals surface area contributed by atoms with Gasteiger partial charge in [-0.15, -0.1) is 0 Å². The highest BCUT2D eigenvalue weighted by molar-refractivity contribution is 5.91. The summed E-state index contributed by atoms with van der Waals surface area (Å²) in [5, 5.41) is 0. The molecule has 0 bridgehead atoms. The predicted octanol–water partition coefficient (Wildman–Crippen LogP) is 3.99. The van der Waals surface area contributed by atoms with Crippen molar-refractivity contribution in [3.05, 3.63) is 65.7 Å². The Balaban J connectivity index is 2.16. The van der Waals surface area contributed by atoms with Crippen LogP contribution in [0, 0.1) is 0 Å². The lowest BCUT2D eigenvalue weighted by Gasteiger charge is -2.10. The van der Waals surface area contributed by atoms with E-state index in [-0.39, 0.29) is 5.97 Å². The molecule has 0 fully saturated rings. The fraction of sp³-hybridized carbons (Fsp3) is 0.250. The van der Waals surface area contributed by atoms with Gasteiger partial charge >= 0.3 is 5.97 Å². The predicted molar refractivity (Wildman–Crippen MR) is 94.9 cm³/mol. The first-order valence-electron chi connectivity index (χ1n) is 7.60. The molecule has 3 heteroatoms. The van der Waals surface area contributed by atoms with Crippen LogP contribution >= 0.6 is 0 Å². The first-order valence-corrected chi connectivity index (χ1v) is 7.60. The summed E-state index contributed by atoms with van der Waals surface area (Å²) < 4.78 is 4.66. The number of hydrogen-bond acceptors (Lipinski definition) is 3. The van der Waals surface area contributed by atoms with Crippen LogP contribution in [0.25, 0.3) is 16.7 Å². The lowest BCUT2D eigenvalue weighted by atomic mass is 10.00. The van der Waals surface area contributed by atoms with E-state index in [1.807, 2.05) is 19.1 Å². The Morgan fingerprint density at radius 2 is 1.52 bits per heavy atom. The van der Waals surface area contributed by atoms with Crippen molar-refractivity contribution in [3.8, 4) is 11.1 Å². The number of carbonyl (C=O) groups is 1. The van der Waals surface area contributed by atoms with Gasteiger partial charge in [-0.2, -0.15) is 0 Å². The average molecular weight is 309 g/mol. The van der Waals surface area contributed by atoms with E-state index in [2.05, 4.69) is 60.1 Å². The molecule has 23 heavy (non-hydrogen) atoms. The van der Waals surface area contributed by atoms with E-state index in [9.17, 15) is 4.79 Å². The molecule has 0 spiro atoms. The van der Waals surface area contributed by atoms with Crippen molar-refractivity contribution in [3.63, 3.8) is 0 Å². The smallest absolute Gasteiger partial charge is 0.330 e. The van der Waals surface area contributed by atoms with Crippen LogP contribution < -0.4 is 0 Å². The van der Waals surface area contributed by atoms with Crippen molar-refractivity contribution in [2.24, 2.45) is 0 Å². The molecule has 0 amide bonds. The molecular weight excluding hydrogens is 286 g/mol. The number of hydrogen-bond donors (Lipinski definition) is 0. The number of benzene rings is 2. The molecule has 0 aliphatic carbocycles. The monoisotopic (exact) mass is 309 g/mol. The number of esters is 1. The second kappa shape index (κ2) is 7.75. The van der Waals surface area contributed by atoms with Gasteiger partial charge in [0, 0.05) is 12.6 Å². The normalized spacial score (nSPS) is 11.6. The molecule has 0 heterocycles. The Labute approximate surface area is 138 Å². The summed E-state index contributed by atoms with van der Waals surface area (Å²) in [6, 6.07) is 16.8. The van der Waals surface area contributed by atoms with Gasteiger partial charge in [0.2, 0.25) is 0 Å². The number of allylic oxidation sites excluding steroid dienone is 1. The minimum atomic E-state index is -0.331. The van der Waals surface area contributed by atoms with Gasteiger partial charge in [0.05, 0.1) is 7.11 Å². The Kier molecular flexibility index (Phi) is 5.72. The van der Waals surface area contributed by atoms with E-state index in [0.29, 0.717) is 0 Å². The fourth-order valence-corrected chi connectivity index (χ4v) is 2.41.